The van der Waals surface area contributed by atoms with E-state index in [-0.39, 0.29) is 51.4 Å². The van der Waals surface area contributed by atoms with Crippen LogP contribution < -0.4 is 0 Å². The molecule has 0 aromatic heterocycles. The molecule has 0 aromatic carbocycles. The van der Waals surface area contributed by atoms with Crippen molar-refractivity contribution >= 4 is 59.2 Å². The summed E-state index contributed by atoms with van der Waals surface area (Å²) in [5.74, 6) is 0. The molecule has 0 saturated carbocycles. The van der Waals surface area contributed by atoms with Crippen LogP contribution >= 0.6 is 7.82 Å². The minimum atomic E-state index is -4.81. The summed E-state index contributed by atoms with van der Waals surface area (Å²) in [6.45, 7) is 0. The van der Waals surface area contributed by atoms with E-state index in [1.807, 2.05) is 0 Å². The van der Waals surface area contributed by atoms with Gasteiger partial charge in [-0.2, -0.15) is 0 Å². The van der Waals surface area contributed by atoms with E-state index in [2.05, 4.69) is 4.73 Å². The van der Waals surface area contributed by atoms with Crippen molar-refractivity contribution in [2.24, 2.45) is 0 Å². The minimum absolute atomic E-state index is 0. The normalized spacial score (nSPS) is 10.1. The molecule has 7 heavy (non-hydrogen) atoms. The first-order valence-electron chi connectivity index (χ1n) is 0.919. The van der Waals surface area contributed by atoms with Crippen molar-refractivity contribution < 1.29 is 23.6 Å². The van der Waals surface area contributed by atoms with Gasteiger partial charge in [0.1, 0.15) is 0 Å². The van der Waals surface area contributed by atoms with E-state index in [4.69, 9.17) is 14.4 Å². The van der Waals surface area contributed by atoms with Gasteiger partial charge in [0.15, 0.2) is 0 Å². The molecule has 0 aromatic rings. The first-order chi connectivity index (χ1) is 2.56. The van der Waals surface area contributed by atoms with Gasteiger partial charge < -0.3 is 9.79 Å². The van der Waals surface area contributed by atoms with Gasteiger partial charge in [0.05, 0.1) is 0 Å². The molecule has 7 heteroatoms. The van der Waals surface area contributed by atoms with E-state index in [0.717, 1.165) is 0 Å². The third-order valence-corrected chi connectivity index (χ3v) is 0.270. The summed E-state index contributed by atoms with van der Waals surface area (Å²) >= 11 is 0. The van der Waals surface area contributed by atoms with Crippen LogP contribution in [0.1, 0.15) is 0 Å². The average Bonchev–Trinajstić information content (AvgIpc) is 1.35. The number of halogens is 1. The molecule has 0 fully saturated rings. The van der Waals surface area contributed by atoms with Crippen LogP contribution in [0.5, 0.6) is 0 Å². The maximum atomic E-state index is 10.2. The Balaban J connectivity index is 0. The van der Waals surface area contributed by atoms with E-state index in [1.54, 1.807) is 0 Å². The number of rotatable bonds is 1. The molecule has 0 heterocycles. The van der Waals surface area contributed by atoms with E-state index in [0.29, 0.717) is 0 Å². The molecular weight excluding hydrogens is 153 g/mol. The van der Waals surface area contributed by atoms with Gasteiger partial charge in [0, 0.05) is 0 Å². The van der Waals surface area contributed by atoms with Crippen LogP contribution in [-0.2, 0) is 9.29 Å². The molecule has 0 amide bonds. The van der Waals surface area contributed by atoms with E-state index < -0.39 is 7.82 Å². The van der Waals surface area contributed by atoms with Gasteiger partial charge in [-0.15, -0.1) is 0 Å². The van der Waals surface area contributed by atoms with Crippen molar-refractivity contribution in [3.8, 4) is 0 Å². The van der Waals surface area contributed by atoms with E-state index in [9.17, 15) is 4.53 Å². The second-order valence-corrected chi connectivity index (χ2v) is 1.68. The van der Waals surface area contributed by atoms with Crippen LogP contribution in [0.2, 0.25) is 0 Å². The molecule has 0 unspecified atom stereocenters. The SMILES string of the molecule is O=P(O)(O)OF.[KH]. The summed E-state index contributed by atoms with van der Waals surface area (Å²) in [4.78, 5) is 14.7. The van der Waals surface area contributed by atoms with Crippen LogP contribution in [0.25, 0.3) is 0 Å². The Bertz CT molecular complexity index is 75.8. The zero-order valence-electron chi connectivity index (χ0n) is 2.54. The zero-order chi connectivity index (χ0) is 5.21. The van der Waals surface area contributed by atoms with Crippen molar-refractivity contribution in [3.05, 3.63) is 0 Å². The van der Waals surface area contributed by atoms with Crippen LogP contribution in [0.3, 0.4) is 0 Å². The van der Waals surface area contributed by atoms with Crippen LogP contribution in [0.15, 0.2) is 0 Å². The fraction of sp³-hybridized carbons (Fsp3) is 0. The molecule has 0 radical (unpaired) electrons. The molecule has 0 aliphatic heterocycles. The second kappa shape index (κ2) is 4.55. The molecule has 0 atom stereocenters. The summed E-state index contributed by atoms with van der Waals surface area (Å²) in [6.07, 6.45) is 0. The van der Waals surface area contributed by atoms with Gasteiger partial charge >= 0.3 is 59.2 Å². The molecule has 0 spiro atoms. The van der Waals surface area contributed by atoms with E-state index in [1.165, 1.54) is 0 Å². The number of hydrogen-bond donors (Lipinski definition) is 2. The molecule has 0 saturated heterocycles. The fourth-order valence-electron chi connectivity index (χ4n) is 0. The third kappa shape index (κ3) is 11.3. The molecule has 2 N–H and O–H groups in total. The van der Waals surface area contributed by atoms with Crippen LogP contribution in [-0.4, -0.2) is 61.2 Å². The standard InChI is InChI=1S/FH2O4P.K.H/c1-5-6(2,3)4;;/h(H2,2,3,4);;. The van der Waals surface area contributed by atoms with Crippen LogP contribution in [0, 0.1) is 0 Å². The molecular formula is H3FKO4P. The topological polar surface area (TPSA) is 66.8 Å². The van der Waals surface area contributed by atoms with Crippen molar-refractivity contribution in [1.29, 1.82) is 0 Å². The Morgan fingerprint density at radius 1 is 1.57 bits per heavy atom. The molecule has 0 rings (SSSR count). The summed E-state index contributed by atoms with van der Waals surface area (Å²) < 4.78 is 21.4. The predicted molar refractivity (Wildman–Crippen MR) is 21.4 cm³/mol. The summed E-state index contributed by atoms with van der Waals surface area (Å²) in [7, 11) is -4.81. The summed E-state index contributed by atoms with van der Waals surface area (Å²) in [5.41, 5.74) is 0. The van der Waals surface area contributed by atoms with E-state index >= 15 is 0 Å². The maximum absolute atomic E-state index is 10.2. The Hall–Kier alpha value is 1.68. The summed E-state index contributed by atoms with van der Waals surface area (Å²) in [5, 5.41) is 0. The Labute approximate surface area is 81.6 Å². The van der Waals surface area contributed by atoms with Gasteiger partial charge in [-0.3, -0.25) is 0 Å². The third-order valence-electron chi connectivity index (χ3n) is 0.0899. The van der Waals surface area contributed by atoms with Gasteiger partial charge in [0.25, 0.3) is 0 Å². The van der Waals surface area contributed by atoms with Gasteiger partial charge in [-0.05, 0) is 4.53 Å². The average molecular weight is 156 g/mol. The number of hydrogen-bond acceptors (Lipinski definition) is 2. The summed E-state index contributed by atoms with van der Waals surface area (Å²) in [6, 6.07) is 0. The first kappa shape index (κ1) is 11.5. The van der Waals surface area contributed by atoms with Crippen molar-refractivity contribution in [1.82, 2.24) is 0 Å². The Kier molecular flexibility index (Phi) is 7.45. The fourth-order valence-corrected chi connectivity index (χ4v) is 0. The molecule has 4 nitrogen and oxygen atoms in total. The molecule has 0 bridgehead atoms. The quantitative estimate of drug-likeness (QED) is 0.390. The van der Waals surface area contributed by atoms with Crippen LogP contribution in [0.4, 0.5) is 4.53 Å². The van der Waals surface area contributed by atoms with Crippen molar-refractivity contribution in [3.63, 3.8) is 0 Å². The second-order valence-electron chi connectivity index (χ2n) is 0.560. The van der Waals surface area contributed by atoms with Gasteiger partial charge in [-0.25, -0.2) is 4.57 Å². The monoisotopic (exact) mass is 156 g/mol. The molecule has 0 aliphatic rings. The van der Waals surface area contributed by atoms with Crippen molar-refractivity contribution in [2.45, 2.75) is 0 Å². The van der Waals surface area contributed by atoms with Gasteiger partial charge in [-0.1, -0.05) is 4.73 Å². The molecule has 0 aliphatic carbocycles. The molecule has 40 valence electrons. The first-order valence-corrected chi connectivity index (χ1v) is 2.45. The Morgan fingerprint density at radius 2 is 1.71 bits per heavy atom. The zero-order valence-corrected chi connectivity index (χ0v) is 3.43. The predicted octanol–water partition coefficient (Wildman–Crippen LogP) is -0.668. The van der Waals surface area contributed by atoms with Gasteiger partial charge in [0.2, 0.25) is 0 Å². The van der Waals surface area contributed by atoms with Crippen molar-refractivity contribution in [2.75, 3.05) is 0 Å². The number of phosphoric acid groups is 1. The Morgan fingerprint density at radius 3 is 1.71 bits per heavy atom.